The van der Waals surface area contributed by atoms with E-state index in [2.05, 4.69) is 49.5 Å². The second-order valence-electron chi connectivity index (χ2n) is 10.5. The van der Waals surface area contributed by atoms with E-state index in [0.29, 0.717) is 31.1 Å². The summed E-state index contributed by atoms with van der Waals surface area (Å²) in [5, 5.41) is 23.4. The molecule has 0 saturated carbocycles. The van der Waals surface area contributed by atoms with Gasteiger partial charge in [-0.25, -0.2) is 0 Å². The molecule has 0 unspecified atom stereocenters. The average Bonchev–Trinajstić information content (AvgIpc) is 3.26. The van der Waals surface area contributed by atoms with E-state index in [1.54, 1.807) is 19.1 Å². The first-order valence-electron chi connectivity index (χ1n) is 13.0. The predicted molar refractivity (Wildman–Crippen MR) is 141 cm³/mol. The molecule has 194 valence electrons. The van der Waals surface area contributed by atoms with Crippen LogP contribution < -0.4 is 5.32 Å². The van der Waals surface area contributed by atoms with Crippen molar-refractivity contribution in [2.75, 3.05) is 19.8 Å². The van der Waals surface area contributed by atoms with Crippen molar-refractivity contribution in [2.24, 2.45) is 5.92 Å². The molecule has 0 spiro atoms. The van der Waals surface area contributed by atoms with Crippen molar-refractivity contribution < 1.29 is 19.4 Å². The molecule has 2 aromatic carbocycles. The van der Waals surface area contributed by atoms with Crippen molar-refractivity contribution in [3.05, 3.63) is 70.3 Å². The van der Waals surface area contributed by atoms with Gasteiger partial charge >= 0.3 is 5.97 Å². The predicted octanol–water partition coefficient (Wildman–Crippen LogP) is 4.67. The fourth-order valence-electron chi connectivity index (χ4n) is 5.14. The molecule has 36 heavy (non-hydrogen) atoms. The molecule has 2 aromatic rings. The van der Waals surface area contributed by atoms with Gasteiger partial charge in [-0.1, -0.05) is 30.3 Å². The van der Waals surface area contributed by atoms with E-state index in [4.69, 9.17) is 9.47 Å². The number of β-amino-alcohol motifs (C(OH)–C–C–N with tert-alkyl or cyclic N) is 1. The Morgan fingerprint density at radius 1 is 1.22 bits per heavy atom. The molecule has 3 rings (SSSR count). The van der Waals surface area contributed by atoms with E-state index >= 15 is 0 Å². The monoisotopic (exact) mass is 492 g/mol. The van der Waals surface area contributed by atoms with Crippen LogP contribution in [-0.2, 0) is 33.5 Å². The van der Waals surface area contributed by atoms with E-state index in [1.165, 1.54) is 11.1 Å². The van der Waals surface area contributed by atoms with Gasteiger partial charge in [0.15, 0.2) is 0 Å². The number of nitrogens with one attached hydrogen (secondary N) is 1. The summed E-state index contributed by atoms with van der Waals surface area (Å²) in [5.41, 5.74) is 5.18. The molecule has 0 bridgehead atoms. The molecule has 1 aliphatic rings. The van der Waals surface area contributed by atoms with E-state index < -0.39 is 6.10 Å². The van der Waals surface area contributed by atoms with Gasteiger partial charge in [0.2, 0.25) is 0 Å². The molecule has 0 aromatic heterocycles. The number of carbonyl (C=O) groups excluding carboxylic acids is 1. The first-order chi connectivity index (χ1) is 17.2. The standard InChI is InChI=1S/C30H40N2O4/c1-5-35-29(34)13-11-26-14-22(18-31)10-12-28(26)21(2)36-20-27(33)19-32-30(3,4)17-23-15-24-8-6-7-9-25(24)16-23/h6-10,12,14,21,23,27,32-33H,5,11,13,15-17,19-20H2,1-4H3/t21-,27-/m1/s1. The smallest absolute Gasteiger partial charge is 0.306 e. The third-order valence-corrected chi connectivity index (χ3v) is 6.90. The molecule has 0 aliphatic heterocycles. The molecular formula is C30H40N2O4. The molecule has 6 heteroatoms. The van der Waals surface area contributed by atoms with Crippen molar-refractivity contribution in [2.45, 2.75) is 77.5 Å². The molecule has 1 aliphatic carbocycles. The third kappa shape index (κ3) is 8.16. The topological polar surface area (TPSA) is 91.6 Å². The first kappa shape index (κ1) is 27.9. The molecule has 6 nitrogen and oxygen atoms in total. The number of hydrogen-bond donors (Lipinski definition) is 2. The average molecular weight is 493 g/mol. The maximum absolute atomic E-state index is 11.8. The summed E-state index contributed by atoms with van der Waals surface area (Å²) in [6.07, 6.45) is 3.07. The number of aliphatic hydroxyl groups excluding tert-OH is 1. The number of nitrogens with zero attached hydrogens (tertiary/aromatic N) is 1. The fourth-order valence-corrected chi connectivity index (χ4v) is 5.14. The van der Waals surface area contributed by atoms with Gasteiger partial charge in [-0.3, -0.25) is 4.79 Å². The summed E-state index contributed by atoms with van der Waals surface area (Å²) in [5.74, 6) is 0.354. The van der Waals surface area contributed by atoms with Gasteiger partial charge in [-0.15, -0.1) is 0 Å². The zero-order valence-electron chi connectivity index (χ0n) is 22.0. The van der Waals surface area contributed by atoms with Crippen molar-refractivity contribution in [1.29, 1.82) is 5.26 Å². The highest BCUT2D eigenvalue weighted by Gasteiger charge is 2.28. The summed E-state index contributed by atoms with van der Waals surface area (Å²) >= 11 is 0. The summed E-state index contributed by atoms with van der Waals surface area (Å²) in [7, 11) is 0. The number of nitriles is 1. The van der Waals surface area contributed by atoms with Crippen molar-refractivity contribution in [1.82, 2.24) is 5.32 Å². The minimum atomic E-state index is -0.645. The van der Waals surface area contributed by atoms with E-state index in [0.717, 1.165) is 30.4 Å². The van der Waals surface area contributed by atoms with Gasteiger partial charge in [-0.2, -0.15) is 5.26 Å². The zero-order valence-corrected chi connectivity index (χ0v) is 22.0. The number of fused-ring (bicyclic) bond motifs is 1. The zero-order chi connectivity index (χ0) is 26.1. The molecule has 0 saturated heterocycles. The largest absolute Gasteiger partial charge is 0.466 e. The van der Waals surface area contributed by atoms with Gasteiger partial charge in [0, 0.05) is 18.5 Å². The number of esters is 1. The van der Waals surface area contributed by atoms with E-state index in [-0.39, 0.29) is 30.6 Å². The number of ether oxygens (including phenoxy) is 2. The Hall–Kier alpha value is -2.72. The highest BCUT2D eigenvalue weighted by Crippen LogP contribution is 2.32. The maximum atomic E-state index is 11.8. The molecule has 0 fully saturated rings. The Bertz CT molecular complexity index is 1030. The number of aryl methyl sites for hydroxylation is 1. The number of carbonyl (C=O) groups is 1. The number of rotatable bonds is 13. The molecule has 0 amide bonds. The molecule has 0 radical (unpaired) electrons. The maximum Gasteiger partial charge on any atom is 0.306 e. The van der Waals surface area contributed by atoms with E-state index in [9.17, 15) is 15.2 Å². The second-order valence-corrected chi connectivity index (χ2v) is 10.5. The van der Waals surface area contributed by atoms with Crippen LogP contribution in [0.1, 0.15) is 74.5 Å². The van der Waals surface area contributed by atoms with Crippen LogP contribution in [0.5, 0.6) is 0 Å². The van der Waals surface area contributed by atoms with Crippen LogP contribution in [0.3, 0.4) is 0 Å². The van der Waals surface area contributed by atoms with Gasteiger partial charge in [0.1, 0.15) is 0 Å². The lowest BCUT2D eigenvalue weighted by Crippen LogP contribution is -2.45. The number of benzene rings is 2. The molecule has 0 heterocycles. The van der Waals surface area contributed by atoms with Crippen LogP contribution in [0.4, 0.5) is 0 Å². The van der Waals surface area contributed by atoms with Crippen LogP contribution >= 0.6 is 0 Å². The highest BCUT2D eigenvalue weighted by atomic mass is 16.5. The van der Waals surface area contributed by atoms with E-state index in [1.807, 2.05) is 13.0 Å². The lowest BCUT2D eigenvalue weighted by atomic mass is 9.88. The Morgan fingerprint density at radius 3 is 2.56 bits per heavy atom. The summed E-state index contributed by atoms with van der Waals surface area (Å²) in [6, 6.07) is 16.3. The van der Waals surface area contributed by atoms with Crippen LogP contribution in [0.25, 0.3) is 0 Å². The third-order valence-electron chi connectivity index (χ3n) is 6.90. The minimum absolute atomic E-state index is 0.0906. The van der Waals surface area contributed by atoms with Gasteiger partial charge in [0.25, 0.3) is 0 Å². The van der Waals surface area contributed by atoms with Crippen molar-refractivity contribution >= 4 is 5.97 Å². The van der Waals surface area contributed by atoms with Gasteiger partial charge in [0.05, 0.1) is 37.1 Å². The van der Waals surface area contributed by atoms with Crippen molar-refractivity contribution in [3.63, 3.8) is 0 Å². The van der Waals surface area contributed by atoms with Gasteiger partial charge in [-0.05, 0) is 93.7 Å². The highest BCUT2D eigenvalue weighted by molar-refractivity contribution is 5.69. The summed E-state index contributed by atoms with van der Waals surface area (Å²) in [6.45, 7) is 9.08. The summed E-state index contributed by atoms with van der Waals surface area (Å²) < 4.78 is 11.0. The molecule has 2 N–H and O–H groups in total. The normalized spacial score (nSPS) is 15.2. The Balaban J connectivity index is 1.48. The van der Waals surface area contributed by atoms with Crippen LogP contribution in [-0.4, -0.2) is 42.5 Å². The van der Waals surface area contributed by atoms with Crippen LogP contribution in [0.2, 0.25) is 0 Å². The lowest BCUT2D eigenvalue weighted by molar-refractivity contribution is -0.143. The van der Waals surface area contributed by atoms with Crippen molar-refractivity contribution in [3.8, 4) is 6.07 Å². The lowest BCUT2D eigenvalue weighted by Gasteiger charge is -2.31. The summed E-state index contributed by atoms with van der Waals surface area (Å²) in [4.78, 5) is 11.8. The van der Waals surface area contributed by atoms with Crippen LogP contribution in [0.15, 0.2) is 42.5 Å². The Kier molecular flexibility index (Phi) is 10.1. The fraction of sp³-hybridized carbons (Fsp3) is 0.533. The quantitative estimate of drug-likeness (QED) is 0.395. The number of aliphatic hydroxyl groups is 1. The molecular weight excluding hydrogens is 452 g/mol. The molecule has 2 atom stereocenters. The van der Waals surface area contributed by atoms with Gasteiger partial charge < -0.3 is 19.9 Å². The first-order valence-corrected chi connectivity index (χ1v) is 13.0. The SMILES string of the molecule is CCOC(=O)CCc1cc(C#N)ccc1[C@@H](C)OC[C@H](O)CNC(C)(C)CC1Cc2ccccc2C1. The van der Waals surface area contributed by atoms with Crippen LogP contribution in [0, 0.1) is 17.2 Å². The Morgan fingerprint density at radius 2 is 1.92 bits per heavy atom. The second kappa shape index (κ2) is 13.0. The number of hydrogen-bond acceptors (Lipinski definition) is 6. The minimum Gasteiger partial charge on any atom is -0.466 e. The Labute approximate surface area is 215 Å².